The fourth-order valence-electron chi connectivity index (χ4n) is 1.79. The van der Waals surface area contributed by atoms with Crippen molar-refractivity contribution in [1.82, 2.24) is 10.2 Å². The minimum absolute atomic E-state index is 0.323. The Bertz CT molecular complexity index is 304. The van der Waals surface area contributed by atoms with E-state index in [-0.39, 0.29) is 6.03 Å². The van der Waals surface area contributed by atoms with Gasteiger partial charge < -0.3 is 20.1 Å². The van der Waals surface area contributed by atoms with Gasteiger partial charge in [0.15, 0.2) is 0 Å². The molecular formula is C11H20N2O4. The molecule has 1 fully saturated rings. The third-order valence-electron chi connectivity index (χ3n) is 2.93. The van der Waals surface area contributed by atoms with Crippen LogP contribution in [0.1, 0.15) is 20.3 Å². The molecule has 1 aliphatic heterocycles. The Balaban J connectivity index is 2.47. The Morgan fingerprint density at radius 1 is 1.53 bits per heavy atom. The summed E-state index contributed by atoms with van der Waals surface area (Å²) in [6, 6.07) is -0.323. The molecule has 1 rings (SSSR count). The Morgan fingerprint density at radius 3 is 2.71 bits per heavy atom. The van der Waals surface area contributed by atoms with E-state index < -0.39 is 11.5 Å². The lowest BCUT2D eigenvalue weighted by atomic mass is 10.1. The number of ether oxygens (including phenoxy) is 1. The molecule has 0 radical (unpaired) electrons. The van der Waals surface area contributed by atoms with E-state index in [1.165, 1.54) is 13.8 Å². The highest BCUT2D eigenvalue weighted by Crippen LogP contribution is 2.17. The molecule has 0 aromatic carbocycles. The van der Waals surface area contributed by atoms with Gasteiger partial charge in [0.25, 0.3) is 0 Å². The second-order valence-corrected chi connectivity index (χ2v) is 4.92. The summed E-state index contributed by atoms with van der Waals surface area (Å²) in [5.74, 6) is -0.697. The molecule has 0 aromatic heterocycles. The molecule has 0 saturated carbocycles. The molecule has 0 aliphatic carbocycles. The lowest BCUT2D eigenvalue weighted by molar-refractivity contribution is -0.143. The van der Waals surface area contributed by atoms with Crippen molar-refractivity contribution in [1.29, 1.82) is 0 Å². The van der Waals surface area contributed by atoms with E-state index in [4.69, 9.17) is 9.84 Å². The van der Waals surface area contributed by atoms with Gasteiger partial charge in [-0.05, 0) is 20.3 Å². The molecule has 1 heterocycles. The molecule has 1 unspecified atom stereocenters. The van der Waals surface area contributed by atoms with Crippen LogP contribution in [0.25, 0.3) is 0 Å². The van der Waals surface area contributed by atoms with Gasteiger partial charge in [-0.25, -0.2) is 9.59 Å². The molecule has 6 heteroatoms. The lowest BCUT2D eigenvalue weighted by Crippen LogP contribution is -2.53. The monoisotopic (exact) mass is 244 g/mol. The average molecular weight is 244 g/mol. The molecule has 6 nitrogen and oxygen atoms in total. The first-order valence-electron chi connectivity index (χ1n) is 5.66. The minimum Gasteiger partial charge on any atom is -0.480 e. The number of carbonyl (C=O) groups is 2. The van der Waals surface area contributed by atoms with Gasteiger partial charge in [0, 0.05) is 26.1 Å². The average Bonchev–Trinajstić information content (AvgIpc) is 2.66. The Labute approximate surface area is 101 Å². The summed E-state index contributed by atoms with van der Waals surface area (Å²) in [5.41, 5.74) is -1.24. The highest BCUT2D eigenvalue weighted by atomic mass is 16.5. The van der Waals surface area contributed by atoms with Crippen molar-refractivity contribution in [2.24, 2.45) is 5.92 Å². The predicted octanol–water partition coefficient (Wildman–Crippen LogP) is 0.527. The molecular weight excluding hydrogens is 224 g/mol. The van der Waals surface area contributed by atoms with Gasteiger partial charge in [0.1, 0.15) is 5.54 Å². The number of hydrogen-bond donors (Lipinski definition) is 2. The number of carbonyl (C=O) groups excluding carboxylic acids is 1. The van der Waals surface area contributed by atoms with Crippen molar-refractivity contribution in [3.05, 3.63) is 0 Å². The Hall–Kier alpha value is -1.30. The highest BCUT2D eigenvalue weighted by molar-refractivity contribution is 5.85. The number of methoxy groups -OCH3 is 1. The van der Waals surface area contributed by atoms with Crippen molar-refractivity contribution < 1.29 is 19.4 Å². The SMILES string of the molecule is COCC1CCN(C(=O)NC(C)(C)C(=O)O)C1. The summed E-state index contributed by atoms with van der Waals surface area (Å²) in [6.07, 6.45) is 0.898. The maximum atomic E-state index is 11.8. The molecule has 0 aromatic rings. The summed E-state index contributed by atoms with van der Waals surface area (Å²) >= 11 is 0. The number of likely N-dealkylation sites (tertiary alicyclic amines) is 1. The van der Waals surface area contributed by atoms with Gasteiger partial charge in [-0.2, -0.15) is 0 Å². The Kier molecular flexibility index (Phi) is 4.34. The zero-order chi connectivity index (χ0) is 13.1. The fraction of sp³-hybridized carbons (Fsp3) is 0.818. The minimum atomic E-state index is -1.24. The van der Waals surface area contributed by atoms with E-state index in [1.54, 1.807) is 12.0 Å². The maximum Gasteiger partial charge on any atom is 0.328 e. The zero-order valence-corrected chi connectivity index (χ0v) is 10.5. The van der Waals surface area contributed by atoms with Crippen LogP contribution in [0.3, 0.4) is 0 Å². The van der Waals surface area contributed by atoms with E-state index >= 15 is 0 Å². The zero-order valence-electron chi connectivity index (χ0n) is 10.5. The van der Waals surface area contributed by atoms with Gasteiger partial charge in [0.2, 0.25) is 0 Å². The normalized spacial score (nSPS) is 20.4. The molecule has 0 spiro atoms. The second kappa shape index (κ2) is 5.35. The van der Waals surface area contributed by atoms with E-state index in [2.05, 4.69) is 5.32 Å². The molecule has 0 bridgehead atoms. The molecule has 1 aliphatic rings. The summed E-state index contributed by atoms with van der Waals surface area (Å²) in [4.78, 5) is 24.3. The van der Waals surface area contributed by atoms with Gasteiger partial charge in [0.05, 0.1) is 6.61 Å². The van der Waals surface area contributed by atoms with Gasteiger partial charge in [-0.15, -0.1) is 0 Å². The highest BCUT2D eigenvalue weighted by Gasteiger charge is 2.33. The van der Waals surface area contributed by atoms with Crippen molar-refractivity contribution in [3.63, 3.8) is 0 Å². The van der Waals surface area contributed by atoms with Crippen molar-refractivity contribution in [2.45, 2.75) is 25.8 Å². The van der Waals surface area contributed by atoms with E-state index in [0.29, 0.717) is 25.6 Å². The first-order valence-corrected chi connectivity index (χ1v) is 5.66. The number of carboxylic acids is 1. The van der Waals surface area contributed by atoms with Crippen LogP contribution in [0.15, 0.2) is 0 Å². The summed E-state index contributed by atoms with van der Waals surface area (Å²) < 4.78 is 5.04. The number of amides is 2. The van der Waals surface area contributed by atoms with Crippen LogP contribution < -0.4 is 5.32 Å². The number of hydrogen-bond acceptors (Lipinski definition) is 3. The summed E-state index contributed by atoms with van der Waals surface area (Å²) in [6.45, 7) is 4.84. The first kappa shape index (κ1) is 13.8. The van der Waals surface area contributed by atoms with E-state index in [1.807, 2.05) is 0 Å². The Morgan fingerprint density at radius 2 is 2.18 bits per heavy atom. The number of nitrogens with one attached hydrogen (secondary N) is 1. The number of aliphatic carboxylic acids is 1. The predicted molar refractivity (Wildman–Crippen MR) is 61.8 cm³/mol. The standard InChI is InChI=1S/C11H20N2O4/c1-11(2,9(14)15)12-10(16)13-5-4-8(6-13)7-17-3/h8H,4-7H2,1-3H3,(H,12,16)(H,14,15). The molecule has 1 atom stereocenters. The van der Waals surface area contributed by atoms with Crippen molar-refractivity contribution >= 4 is 12.0 Å². The molecule has 2 N–H and O–H groups in total. The number of nitrogens with zero attached hydrogens (tertiary/aromatic N) is 1. The molecule has 17 heavy (non-hydrogen) atoms. The van der Waals surface area contributed by atoms with Crippen LogP contribution in [0, 0.1) is 5.92 Å². The van der Waals surface area contributed by atoms with E-state index in [9.17, 15) is 9.59 Å². The third kappa shape index (κ3) is 3.59. The third-order valence-corrected chi connectivity index (χ3v) is 2.93. The van der Waals surface area contributed by atoms with Gasteiger partial charge in [-0.1, -0.05) is 0 Å². The first-order chi connectivity index (χ1) is 7.86. The lowest BCUT2D eigenvalue weighted by Gasteiger charge is -2.25. The topological polar surface area (TPSA) is 78.9 Å². The van der Waals surface area contributed by atoms with Crippen LogP contribution in [-0.4, -0.2) is 54.4 Å². The number of rotatable bonds is 4. The largest absolute Gasteiger partial charge is 0.480 e. The van der Waals surface area contributed by atoms with Crippen LogP contribution in [0.5, 0.6) is 0 Å². The van der Waals surface area contributed by atoms with Crippen molar-refractivity contribution in [2.75, 3.05) is 26.8 Å². The number of urea groups is 1. The van der Waals surface area contributed by atoms with Crippen LogP contribution in [0.2, 0.25) is 0 Å². The molecule has 1 saturated heterocycles. The maximum absolute atomic E-state index is 11.8. The quantitative estimate of drug-likeness (QED) is 0.756. The summed E-state index contributed by atoms with van der Waals surface area (Å²) in [5, 5.41) is 11.4. The van der Waals surface area contributed by atoms with Crippen LogP contribution in [0.4, 0.5) is 4.79 Å². The number of carboxylic acid groups (broad SMARTS) is 1. The van der Waals surface area contributed by atoms with Gasteiger partial charge in [-0.3, -0.25) is 0 Å². The van der Waals surface area contributed by atoms with Gasteiger partial charge >= 0.3 is 12.0 Å². The van der Waals surface area contributed by atoms with Crippen molar-refractivity contribution in [3.8, 4) is 0 Å². The molecule has 2 amide bonds. The van der Waals surface area contributed by atoms with E-state index in [0.717, 1.165) is 6.42 Å². The second-order valence-electron chi connectivity index (χ2n) is 4.92. The van der Waals surface area contributed by atoms with Crippen LogP contribution in [-0.2, 0) is 9.53 Å². The fourth-order valence-corrected chi connectivity index (χ4v) is 1.79. The summed E-state index contributed by atoms with van der Waals surface area (Å²) in [7, 11) is 1.64. The molecule has 98 valence electrons. The smallest absolute Gasteiger partial charge is 0.328 e. The van der Waals surface area contributed by atoms with Crippen LogP contribution >= 0.6 is 0 Å².